The fourth-order valence-electron chi connectivity index (χ4n) is 11.9. The zero-order valence-corrected chi connectivity index (χ0v) is 76.4. The van der Waals surface area contributed by atoms with Crippen LogP contribution in [-0.2, 0) is 140 Å². The van der Waals surface area contributed by atoms with Crippen molar-refractivity contribution >= 4 is 71.5 Å². The molecule has 28 heteroatoms. The third-order valence-corrected chi connectivity index (χ3v) is 19.2. The van der Waals surface area contributed by atoms with Gasteiger partial charge in [-0.05, 0) is 263 Å². The minimum atomic E-state index is -1.65. The normalized spacial score (nSPS) is 19.7. The summed E-state index contributed by atoms with van der Waals surface area (Å²) in [7, 11) is 0. The van der Waals surface area contributed by atoms with Crippen LogP contribution < -0.4 is 20.1 Å². The van der Waals surface area contributed by atoms with Gasteiger partial charge in [0.05, 0.1) is 69.4 Å². The van der Waals surface area contributed by atoms with Crippen molar-refractivity contribution in [3.8, 4) is 33.8 Å². The van der Waals surface area contributed by atoms with Crippen LogP contribution in [0.25, 0.3) is 22.3 Å². The lowest BCUT2D eigenvalue weighted by molar-refractivity contribution is -0.293. The Morgan fingerprint density at radius 3 is 0.902 bits per heavy atom. The second-order valence-electron chi connectivity index (χ2n) is 39.2. The molecule has 6 rings (SSSR count). The molecule has 0 saturated carbocycles. The summed E-state index contributed by atoms with van der Waals surface area (Å²) >= 11 is 0. The third kappa shape index (κ3) is 30.5. The highest BCUT2D eigenvalue weighted by molar-refractivity contribution is 5.82. The summed E-state index contributed by atoms with van der Waals surface area (Å²) in [6.45, 7) is 42.1. The number of rotatable bonds is 33. The molecule has 2 N–H and O–H groups in total. The van der Waals surface area contributed by atoms with E-state index in [1.165, 1.54) is 0 Å². The molecule has 28 nitrogen and oxygen atoms in total. The maximum absolute atomic E-state index is 14.2. The van der Waals surface area contributed by atoms with E-state index in [9.17, 15) is 57.5 Å². The fraction of sp³-hybridized carbons (Fsp3) is 0.617. The summed E-state index contributed by atoms with van der Waals surface area (Å²) in [5.74, 6) is -6.86. The first-order chi connectivity index (χ1) is 56.4. The number of hydrogen-bond acceptors (Lipinski definition) is 26. The number of aryl methyl sites for hydroxylation is 2. The molecule has 0 aromatic heterocycles. The van der Waals surface area contributed by atoms with Crippen LogP contribution in [0.15, 0.2) is 84.9 Å². The van der Waals surface area contributed by atoms with Crippen molar-refractivity contribution in [2.45, 2.75) is 293 Å². The van der Waals surface area contributed by atoms with Gasteiger partial charge in [0.2, 0.25) is 36.6 Å². The maximum atomic E-state index is 14.2. The predicted octanol–water partition coefficient (Wildman–Crippen LogP) is 13.9. The molecule has 2 heterocycles. The predicted molar refractivity (Wildman–Crippen MR) is 452 cm³/mol. The van der Waals surface area contributed by atoms with Crippen molar-refractivity contribution in [3.05, 3.63) is 107 Å². The summed E-state index contributed by atoms with van der Waals surface area (Å²) in [4.78, 5) is 164. The van der Waals surface area contributed by atoms with Crippen LogP contribution in [-0.4, -0.2) is 172 Å². The Labute approximate surface area is 719 Å². The maximum Gasteiger partial charge on any atom is 0.311 e. The zero-order valence-electron chi connectivity index (χ0n) is 76.4. The van der Waals surface area contributed by atoms with Gasteiger partial charge in [-0.2, -0.15) is 0 Å². The average molecular weight is 1710 g/mol. The topological polar surface area (TPSA) is 358 Å². The summed E-state index contributed by atoms with van der Waals surface area (Å²) in [6.07, 6.45) is -14.1. The van der Waals surface area contributed by atoms with Gasteiger partial charge in [-0.25, -0.2) is 0 Å². The molecule has 2 aliphatic heterocycles. The van der Waals surface area contributed by atoms with E-state index in [0.717, 1.165) is 11.1 Å². The number of ether oxygens (including phenoxy) is 14. The molecule has 0 bridgehead atoms. The lowest BCUT2D eigenvalue weighted by atomic mass is 9.93. The van der Waals surface area contributed by atoms with Gasteiger partial charge in [-0.1, -0.05) is 60.7 Å². The first-order valence-electron chi connectivity index (χ1n) is 41.9. The van der Waals surface area contributed by atoms with Gasteiger partial charge in [-0.15, -0.1) is 0 Å². The van der Waals surface area contributed by atoms with E-state index >= 15 is 0 Å². The van der Waals surface area contributed by atoms with Crippen LogP contribution in [0.5, 0.6) is 11.5 Å². The minimum Gasteiger partial charge on any atom is -0.466 e. The Balaban J connectivity index is 1.24. The molecule has 2 aliphatic rings. The number of carbonyl (C=O) groups excluding carboxylic acids is 12. The molecule has 0 spiro atoms. The highest BCUT2D eigenvalue weighted by atomic mass is 16.8. The van der Waals surface area contributed by atoms with E-state index < -0.39 is 178 Å². The second kappa shape index (κ2) is 42.4. The molecule has 0 radical (unpaired) electrons. The molecule has 0 aliphatic carbocycles. The number of esters is 10. The summed E-state index contributed by atoms with van der Waals surface area (Å²) in [5, 5.41) is 5.78. The van der Waals surface area contributed by atoms with Crippen molar-refractivity contribution in [1.82, 2.24) is 10.6 Å². The van der Waals surface area contributed by atoms with E-state index in [1.807, 2.05) is 12.1 Å². The molecule has 4 aromatic rings. The summed E-state index contributed by atoms with van der Waals surface area (Å²) in [6, 6.07) is 24.8. The second-order valence-corrected chi connectivity index (χ2v) is 39.2. The number of nitrogens with one attached hydrogen (secondary N) is 2. The molecule has 2 saturated heterocycles. The Kier molecular flexibility index (Phi) is 35.1. The van der Waals surface area contributed by atoms with Gasteiger partial charge in [0.15, 0.2) is 24.4 Å². The van der Waals surface area contributed by atoms with Crippen LogP contribution in [0.3, 0.4) is 0 Å². The largest absolute Gasteiger partial charge is 0.466 e. The van der Waals surface area contributed by atoms with E-state index in [0.29, 0.717) is 59.1 Å². The van der Waals surface area contributed by atoms with Gasteiger partial charge >= 0.3 is 59.7 Å². The van der Waals surface area contributed by atoms with Crippen molar-refractivity contribution in [2.75, 3.05) is 39.5 Å². The highest BCUT2D eigenvalue weighted by Gasteiger charge is 2.58. The van der Waals surface area contributed by atoms with Crippen molar-refractivity contribution in [3.63, 3.8) is 0 Å². The molecule has 4 aromatic carbocycles. The molecule has 10 atom stereocenters. The Morgan fingerprint density at radius 2 is 0.615 bits per heavy atom. The standard InChI is InChI=1S/C94H132N2O26/c1-27-109-69(99)51-57-35-29-37-59(47-57)61-49-55(41-43-63(61)113-77-75(121-85(107)93(21,22)23)73(119-83(105)91(15,16)17)71(117-81(103)89(9,10)11)65(115-77)53-111-79(101)87(3,4)5)33-31-39-67(97)95-45-46-96-68(98)40-32-34-56-42-44-64(62(50-56)60-38-30-36-58(48-60)52-70(100)110-28-2)114-78-76(122-86(108)94(24,25)26)74(120-84(106)92(18,19)20)72(118-82(104)90(12,13)14)66(116-78)54-112-80(102)88(6,7)8/h29-30,35-38,41-44,47-50,65-66,71-78H,27-28,31-34,39-40,45-46,51-54H2,1-26H3,(H,95,97)(H,96,98)/t65-,66-,71-,72-,73+,74+,75+,76+,77+,78+/m1/s1. The van der Waals surface area contributed by atoms with Crippen LogP contribution in [0.1, 0.15) is 228 Å². The van der Waals surface area contributed by atoms with Crippen molar-refractivity contribution in [1.29, 1.82) is 0 Å². The van der Waals surface area contributed by atoms with Crippen LogP contribution in [0.2, 0.25) is 0 Å². The highest BCUT2D eigenvalue weighted by Crippen LogP contribution is 2.42. The van der Waals surface area contributed by atoms with E-state index in [2.05, 4.69) is 10.6 Å². The van der Waals surface area contributed by atoms with Crippen LogP contribution in [0, 0.1) is 43.3 Å². The van der Waals surface area contributed by atoms with Crippen LogP contribution >= 0.6 is 0 Å². The first-order valence-corrected chi connectivity index (χ1v) is 41.9. The number of carbonyl (C=O) groups is 12. The molecule has 122 heavy (non-hydrogen) atoms. The Hall–Kier alpha value is -9.96. The van der Waals surface area contributed by atoms with Gasteiger partial charge in [0, 0.05) is 37.1 Å². The number of benzene rings is 4. The van der Waals surface area contributed by atoms with Crippen molar-refractivity contribution < 1.29 is 124 Å². The number of hydrogen-bond donors (Lipinski definition) is 2. The molecule has 674 valence electrons. The van der Waals surface area contributed by atoms with Gasteiger partial charge in [0.25, 0.3) is 0 Å². The monoisotopic (exact) mass is 1700 g/mol. The Bertz CT molecular complexity index is 4060. The molecular formula is C94H132N2O26. The lowest BCUT2D eigenvalue weighted by Crippen LogP contribution is -2.65. The van der Waals surface area contributed by atoms with Gasteiger partial charge in [0.1, 0.15) is 36.9 Å². The van der Waals surface area contributed by atoms with E-state index in [-0.39, 0.29) is 75.3 Å². The molecular weight excluding hydrogens is 1570 g/mol. The smallest absolute Gasteiger partial charge is 0.311 e. The van der Waals surface area contributed by atoms with Crippen molar-refractivity contribution in [2.24, 2.45) is 43.3 Å². The average Bonchev–Trinajstić information content (AvgIpc) is 0.768. The third-order valence-electron chi connectivity index (χ3n) is 19.2. The number of amides is 2. The van der Waals surface area contributed by atoms with E-state index in [4.69, 9.17) is 66.3 Å². The van der Waals surface area contributed by atoms with Gasteiger partial charge in [-0.3, -0.25) is 57.5 Å². The SMILES string of the molecule is CCOC(=O)Cc1cccc(-c2cc(CCCC(=O)NCCNC(=O)CCCc3ccc(O[C@H]4O[C@H](COC(=O)C(C)(C)C)[C@@H](OC(=O)C(C)(C)C)[C@H](OC(=O)C(C)(C)C)[C@@H]4OC(=O)C(C)(C)C)c(-c4cccc(CC(=O)OCC)c4)c3)ccc2O[C@H]2O[C@H](COC(=O)C(C)(C)C)[C@@H](OC(=O)C(C)(C)C)[C@H](OC(=O)C(C)(C)C)[C@@H]2OC(=O)C(C)(C)C)c1. The molecule has 2 fully saturated rings. The quantitative estimate of drug-likeness (QED) is 0.0254. The minimum absolute atomic E-state index is 0.0664. The lowest BCUT2D eigenvalue weighted by Gasteiger charge is -2.45. The first kappa shape index (κ1) is 101. The Morgan fingerprint density at radius 1 is 0.328 bits per heavy atom. The fourth-order valence-corrected chi connectivity index (χ4v) is 11.9. The zero-order chi connectivity index (χ0) is 91.6. The molecule has 0 unspecified atom stereocenters. The molecule has 2 amide bonds. The van der Waals surface area contributed by atoms with E-state index in [1.54, 1.807) is 253 Å². The van der Waals surface area contributed by atoms with Gasteiger partial charge < -0.3 is 76.9 Å². The summed E-state index contributed by atoms with van der Waals surface area (Å²) < 4.78 is 86.9. The summed E-state index contributed by atoms with van der Waals surface area (Å²) in [5.41, 5.74) is -3.97. The van der Waals surface area contributed by atoms with Crippen LogP contribution in [0.4, 0.5) is 0 Å².